The lowest BCUT2D eigenvalue weighted by Crippen LogP contribution is -1.92. The monoisotopic (exact) mass is 413 g/mol. The van der Waals surface area contributed by atoms with Crippen molar-refractivity contribution in [3.63, 3.8) is 0 Å². The van der Waals surface area contributed by atoms with E-state index < -0.39 is 0 Å². The first kappa shape index (κ1) is 14.2. The molecule has 2 rings (SSSR count). The van der Waals surface area contributed by atoms with Gasteiger partial charge >= 0.3 is 0 Å². The highest BCUT2D eigenvalue weighted by Crippen LogP contribution is 2.36. The van der Waals surface area contributed by atoms with Crippen LogP contribution in [-0.2, 0) is 0 Å². The largest absolute Gasteiger partial charge is 0.398 e. The van der Waals surface area contributed by atoms with Gasteiger partial charge in [0.25, 0.3) is 0 Å². The van der Waals surface area contributed by atoms with Gasteiger partial charge in [-0.05, 0) is 52.9 Å². The fourth-order valence-electron chi connectivity index (χ4n) is 1.30. The lowest BCUT2D eigenvalue weighted by molar-refractivity contribution is 0.617. The van der Waals surface area contributed by atoms with Crippen molar-refractivity contribution in [2.24, 2.45) is 0 Å². The van der Waals surface area contributed by atoms with Crippen LogP contribution in [0.5, 0.6) is 0 Å². The Morgan fingerprint density at radius 2 is 1.83 bits per heavy atom. The minimum atomic E-state index is -0.285. The summed E-state index contributed by atoms with van der Waals surface area (Å²) in [6, 6.07) is 8.27. The normalized spacial score (nSPS) is 10.7. The first-order chi connectivity index (χ1) is 8.47. The molecule has 0 aliphatic rings. The van der Waals surface area contributed by atoms with E-state index in [1.807, 2.05) is 28.7 Å². The predicted octanol–water partition coefficient (Wildman–Crippen LogP) is 5.47. The van der Waals surface area contributed by atoms with E-state index in [9.17, 15) is 4.39 Å². The van der Waals surface area contributed by atoms with E-state index in [4.69, 9.17) is 28.9 Å². The predicted molar refractivity (Wildman–Crippen MR) is 84.1 cm³/mol. The third-order valence-corrected chi connectivity index (χ3v) is 4.80. The van der Waals surface area contributed by atoms with Crippen molar-refractivity contribution < 1.29 is 4.39 Å². The molecule has 0 aliphatic carbocycles. The van der Waals surface area contributed by atoms with Gasteiger partial charge in [0.1, 0.15) is 5.82 Å². The minimum absolute atomic E-state index is 0.285. The summed E-state index contributed by atoms with van der Waals surface area (Å²) in [6.45, 7) is 0. The molecular weight excluding hydrogens is 407 g/mol. The maximum absolute atomic E-state index is 13.5. The lowest BCUT2D eigenvalue weighted by Gasteiger charge is -2.07. The molecule has 0 saturated carbocycles. The summed E-state index contributed by atoms with van der Waals surface area (Å²) in [6.07, 6.45) is 0. The van der Waals surface area contributed by atoms with Gasteiger partial charge in [0, 0.05) is 15.5 Å². The van der Waals surface area contributed by atoms with Gasteiger partial charge in [-0.3, -0.25) is 0 Å². The van der Waals surface area contributed by atoms with Gasteiger partial charge in [0.15, 0.2) is 0 Å². The lowest BCUT2D eigenvalue weighted by atomic mass is 10.3. The highest BCUT2D eigenvalue weighted by molar-refractivity contribution is 14.1. The zero-order valence-electron chi connectivity index (χ0n) is 8.88. The van der Waals surface area contributed by atoms with Crippen LogP contribution in [-0.4, -0.2) is 0 Å². The molecular formula is C12H7Cl2FINS. The zero-order valence-corrected chi connectivity index (χ0v) is 13.4. The number of rotatable bonds is 2. The average molecular weight is 414 g/mol. The average Bonchev–Trinajstić information content (AvgIpc) is 2.31. The third kappa shape index (κ3) is 3.23. The van der Waals surface area contributed by atoms with Gasteiger partial charge in [0.05, 0.1) is 13.6 Å². The molecule has 0 aliphatic heterocycles. The van der Waals surface area contributed by atoms with Crippen molar-refractivity contribution in [1.29, 1.82) is 0 Å². The molecule has 0 unspecified atom stereocenters. The number of halogens is 4. The molecule has 0 heterocycles. The standard InChI is InChI=1S/C12H7Cl2FINS/c13-7-2-1-6(3-8(7)14)18-12-4-9(15)10(16)5-11(12)17/h1-5H,17H2. The second kappa shape index (κ2) is 5.86. The van der Waals surface area contributed by atoms with E-state index in [2.05, 4.69) is 0 Å². The number of nitrogen functional groups attached to an aromatic ring is 1. The van der Waals surface area contributed by atoms with Crippen molar-refractivity contribution in [3.8, 4) is 0 Å². The molecule has 0 spiro atoms. The molecule has 0 bridgehead atoms. The van der Waals surface area contributed by atoms with Crippen LogP contribution < -0.4 is 5.73 Å². The van der Waals surface area contributed by atoms with Crippen LogP contribution in [0, 0.1) is 9.39 Å². The molecule has 0 atom stereocenters. The van der Waals surface area contributed by atoms with Crippen molar-refractivity contribution in [2.75, 3.05) is 5.73 Å². The summed E-state index contributed by atoms with van der Waals surface area (Å²) in [5.74, 6) is -0.285. The summed E-state index contributed by atoms with van der Waals surface area (Å²) in [4.78, 5) is 1.52. The van der Waals surface area contributed by atoms with Crippen molar-refractivity contribution >= 4 is 63.2 Å². The topological polar surface area (TPSA) is 26.0 Å². The Kier molecular flexibility index (Phi) is 4.64. The summed E-state index contributed by atoms with van der Waals surface area (Å²) in [5, 5.41) is 0.953. The first-order valence-corrected chi connectivity index (χ1v) is 7.50. The van der Waals surface area contributed by atoms with Gasteiger partial charge in [-0.15, -0.1) is 0 Å². The fraction of sp³-hybridized carbons (Fsp3) is 0. The highest BCUT2D eigenvalue weighted by atomic mass is 127. The van der Waals surface area contributed by atoms with Crippen molar-refractivity contribution in [3.05, 3.63) is 49.8 Å². The van der Waals surface area contributed by atoms with Crippen LogP contribution >= 0.6 is 57.6 Å². The molecule has 0 amide bonds. The number of nitrogens with two attached hydrogens (primary N) is 1. The quantitative estimate of drug-likeness (QED) is 0.521. The molecule has 94 valence electrons. The molecule has 0 fully saturated rings. The number of hydrogen-bond donors (Lipinski definition) is 1. The molecule has 2 aromatic rings. The Morgan fingerprint density at radius 1 is 1.11 bits per heavy atom. The smallest absolute Gasteiger partial charge is 0.137 e. The summed E-state index contributed by atoms with van der Waals surface area (Å²) in [5.41, 5.74) is 6.39. The number of anilines is 1. The van der Waals surface area contributed by atoms with E-state index in [1.165, 1.54) is 17.8 Å². The van der Waals surface area contributed by atoms with Gasteiger partial charge in [-0.1, -0.05) is 35.0 Å². The minimum Gasteiger partial charge on any atom is -0.398 e. The molecule has 6 heteroatoms. The van der Waals surface area contributed by atoms with E-state index in [-0.39, 0.29) is 5.82 Å². The van der Waals surface area contributed by atoms with Gasteiger partial charge < -0.3 is 5.73 Å². The zero-order chi connectivity index (χ0) is 13.3. The SMILES string of the molecule is Nc1cc(I)c(F)cc1Sc1ccc(Cl)c(Cl)c1. The molecule has 1 nitrogen and oxygen atoms in total. The van der Waals surface area contributed by atoms with Crippen LogP contribution in [0.2, 0.25) is 10.0 Å². The van der Waals surface area contributed by atoms with Crippen molar-refractivity contribution in [1.82, 2.24) is 0 Å². The third-order valence-electron chi connectivity index (χ3n) is 2.17. The van der Waals surface area contributed by atoms with Crippen LogP contribution in [0.3, 0.4) is 0 Å². The Bertz CT molecular complexity index is 607. The van der Waals surface area contributed by atoms with Crippen LogP contribution in [0.15, 0.2) is 40.1 Å². The number of hydrogen-bond acceptors (Lipinski definition) is 2. The second-order valence-electron chi connectivity index (χ2n) is 3.48. The Hall–Kier alpha value is -0.170. The van der Waals surface area contributed by atoms with E-state index in [0.29, 0.717) is 24.2 Å². The van der Waals surface area contributed by atoms with E-state index >= 15 is 0 Å². The summed E-state index contributed by atoms with van der Waals surface area (Å²) < 4.78 is 14.0. The Morgan fingerprint density at radius 3 is 2.50 bits per heavy atom. The maximum atomic E-state index is 13.5. The Labute approximate surface area is 132 Å². The molecule has 0 saturated heterocycles. The molecule has 2 N–H and O–H groups in total. The summed E-state index contributed by atoms with van der Waals surface area (Å²) >= 11 is 15.0. The van der Waals surface area contributed by atoms with Gasteiger partial charge in [0.2, 0.25) is 0 Å². The molecule has 0 aromatic heterocycles. The Balaban J connectivity index is 2.34. The fourth-order valence-corrected chi connectivity index (χ4v) is 3.06. The molecule has 2 aromatic carbocycles. The first-order valence-electron chi connectivity index (χ1n) is 4.85. The van der Waals surface area contributed by atoms with Gasteiger partial charge in [-0.2, -0.15) is 0 Å². The van der Waals surface area contributed by atoms with Crippen molar-refractivity contribution in [2.45, 2.75) is 9.79 Å². The molecule has 18 heavy (non-hydrogen) atoms. The van der Waals surface area contributed by atoms with Gasteiger partial charge in [-0.25, -0.2) is 4.39 Å². The van der Waals surface area contributed by atoms with Crippen LogP contribution in [0.4, 0.5) is 10.1 Å². The molecule has 0 radical (unpaired) electrons. The van der Waals surface area contributed by atoms with E-state index in [1.54, 1.807) is 18.2 Å². The summed E-state index contributed by atoms with van der Waals surface area (Å²) in [7, 11) is 0. The second-order valence-corrected chi connectivity index (χ2v) is 6.57. The van der Waals surface area contributed by atoms with Crippen LogP contribution in [0.25, 0.3) is 0 Å². The highest BCUT2D eigenvalue weighted by Gasteiger charge is 2.08. The van der Waals surface area contributed by atoms with Crippen LogP contribution in [0.1, 0.15) is 0 Å². The number of benzene rings is 2. The van der Waals surface area contributed by atoms with E-state index in [0.717, 1.165) is 4.90 Å². The maximum Gasteiger partial charge on any atom is 0.137 e.